The fourth-order valence-electron chi connectivity index (χ4n) is 2.99. The van der Waals surface area contributed by atoms with E-state index in [1.165, 1.54) is 0 Å². The Balaban J connectivity index is 1.77. The lowest BCUT2D eigenvalue weighted by atomic mass is 10.1. The van der Waals surface area contributed by atoms with Gasteiger partial charge in [-0.15, -0.1) is 5.10 Å². The van der Waals surface area contributed by atoms with E-state index in [1.807, 2.05) is 32.9 Å². The van der Waals surface area contributed by atoms with E-state index in [9.17, 15) is 4.79 Å². The van der Waals surface area contributed by atoms with Gasteiger partial charge in [-0.25, -0.2) is 4.79 Å². The second-order valence-corrected chi connectivity index (χ2v) is 7.13. The Morgan fingerprint density at radius 3 is 2.56 bits per heavy atom. The van der Waals surface area contributed by atoms with Crippen molar-refractivity contribution in [2.24, 2.45) is 0 Å². The van der Waals surface area contributed by atoms with Crippen LogP contribution in [0.15, 0.2) is 31.0 Å². The highest BCUT2D eigenvalue weighted by molar-refractivity contribution is 5.96. The Kier molecular flexibility index (Phi) is 4.61. The lowest BCUT2D eigenvalue weighted by Gasteiger charge is -2.37. The number of hydrogen-bond acceptors (Lipinski definition) is 5. The molecule has 0 spiro atoms. The molecule has 1 aromatic carbocycles. The van der Waals surface area contributed by atoms with Crippen LogP contribution < -0.4 is 4.90 Å². The molecule has 0 unspecified atom stereocenters. The SMILES string of the molecule is C=Cc1ccc(N2CCN(C(=O)OC(C)(C)C)CC2)c2ccnnc12. The molecule has 1 saturated heterocycles. The number of ether oxygens (including phenoxy) is 1. The number of anilines is 1. The zero-order valence-electron chi connectivity index (χ0n) is 15.0. The third-order valence-corrected chi connectivity index (χ3v) is 4.18. The summed E-state index contributed by atoms with van der Waals surface area (Å²) in [6.45, 7) is 12.3. The standard InChI is InChI=1S/C19H24N4O2/c1-5-14-6-7-16(15-8-9-20-21-17(14)15)22-10-12-23(13-11-22)18(24)25-19(2,3)4/h5-9H,1,10-13H2,2-4H3. The van der Waals surface area contributed by atoms with Crippen LogP contribution in [0.2, 0.25) is 0 Å². The first-order valence-electron chi connectivity index (χ1n) is 8.49. The van der Waals surface area contributed by atoms with E-state index >= 15 is 0 Å². The molecular weight excluding hydrogens is 316 g/mol. The molecule has 1 aliphatic heterocycles. The normalized spacial score (nSPS) is 15.3. The first-order valence-corrected chi connectivity index (χ1v) is 8.49. The zero-order chi connectivity index (χ0) is 18.0. The van der Waals surface area contributed by atoms with Crippen molar-refractivity contribution in [3.8, 4) is 0 Å². The molecule has 6 heteroatoms. The number of fused-ring (bicyclic) bond motifs is 1. The highest BCUT2D eigenvalue weighted by Crippen LogP contribution is 2.29. The average molecular weight is 340 g/mol. The molecular formula is C19H24N4O2. The molecule has 2 heterocycles. The Labute approximate surface area is 148 Å². The number of carbonyl (C=O) groups is 1. The molecule has 25 heavy (non-hydrogen) atoms. The van der Waals surface area contributed by atoms with Gasteiger partial charge in [0, 0.05) is 42.8 Å². The first-order chi connectivity index (χ1) is 11.9. The molecule has 1 amide bonds. The number of aromatic nitrogens is 2. The fraction of sp³-hybridized carbons (Fsp3) is 0.421. The molecule has 0 atom stereocenters. The van der Waals surface area contributed by atoms with E-state index < -0.39 is 5.60 Å². The van der Waals surface area contributed by atoms with Crippen LogP contribution in [0, 0.1) is 0 Å². The van der Waals surface area contributed by atoms with E-state index in [-0.39, 0.29) is 6.09 Å². The van der Waals surface area contributed by atoms with Crippen molar-refractivity contribution in [1.82, 2.24) is 15.1 Å². The fourth-order valence-corrected chi connectivity index (χ4v) is 2.99. The summed E-state index contributed by atoms with van der Waals surface area (Å²) in [5, 5.41) is 9.30. The van der Waals surface area contributed by atoms with Gasteiger partial charge in [0.05, 0.1) is 6.20 Å². The maximum Gasteiger partial charge on any atom is 0.410 e. The first kappa shape index (κ1) is 17.2. The highest BCUT2D eigenvalue weighted by Gasteiger charge is 2.26. The van der Waals surface area contributed by atoms with Gasteiger partial charge in [-0.1, -0.05) is 18.7 Å². The summed E-state index contributed by atoms with van der Waals surface area (Å²) in [6, 6.07) is 6.08. The summed E-state index contributed by atoms with van der Waals surface area (Å²) < 4.78 is 5.46. The lowest BCUT2D eigenvalue weighted by molar-refractivity contribution is 0.0241. The number of carbonyl (C=O) groups excluding carboxylic acids is 1. The summed E-state index contributed by atoms with van der Waals surface area (Å²) >= 11 is 0. The van der Waals surface area contributed by atoms with Crippen LogP contribution in [0.5, 0.6) is 0 Å². The van der Waals surface area contributed by atoms with E-state index in [2.05, 4.69) is 27.7 Å². The van der Waals surface area contributed by atoms with E-state index in [4.69, 9.17) is 4.74 Å². The average Bonchev–Trinajstić information content (AvgIpc) is 2.59. The third kappa shape index (κ3) is 3.73. The minimum Gasteiger partial charge on any atom is -0.444 e. The quantitative estimate of drug-likeness (QED) is 0.839. The number of hydrogen-bond donors (Lipinski definition) is 0. The molecule has 6 nitrogen and oxygen atoms in total. The lowest BCUT2D eigenvalue weighted by Crippen LogP contribution is -2.50. The van der Waals surface area contributed by atoms with E-state index in [0.717, 1.165) is 35.2 Å². The molecule has 1 aromatic heterocycles. The summed E-state index contributed by atoms with van der Waals surface area (Å²) in [6.07, 6.45) is 3.25. The molecule has 0 aliphatic carbocycles. The number of amides is 1. The van der Waals surface area contributed by atoms with E-state index in [1.54, 1.807) is 17.2 Å². The van der Waals surface area contributed by atoms with E-state index in [0.29, 0.717) is 13.1 Å². The molecule has 0 saturated carbocycles. The Morgan fingerprint density at radius 1 is 1.20 bits per heavy atom. The molecule has 0 N–H and O–H groups in total. The van der Waals surface area contributed by atoms with Gasteiger partial charge in [-0.05, 0) is 32.9 Å². The van der Waals surface area contributed by atoms with Crippen LogP contribution in [0.4, 0.5) is 10.5 Å². The van der Waals surface area contributed by atoms with Crippen molar-refractivity contribution in [3.63, 3.8) is 0 Å². The molecule has 0 radical (unpaired) electrons. The number of benzene rings is 1. The molecule has 2 aromatic rings. The van der Waals surface area contributed by atoms with Gasteiger partial charge in [-0.2, -0.15) is 5.10 Å². The smallest absolute Gasteiger partial charge is 0.410 e. The predicted molar refractivity (Wildman–Crippen MR) is 99.6 cm³/mol. The molecule has 0 bridgehead atoms. The van der Waals surface area contributed by atoms with Crippen molar-refractivity contribution in [2.45, 2.75) is 26.4 Å². The predicted octanol–water partition coefficient (Wildman–Crippen LogP) is 3.33. The third-order valence-electron chi connectivity index (χ3n) is 4.18. The van der Waals surface area contributed by atoms with Gasteiger partial charge in [0.25, 0.3) is 0 Å². The minimum absolute atomic E-state index is 0.245. The Bertz CT molecular complexity index is 790. The summed E-state index contributed by atoms with van der Waals surface area (Å²) in [7, 11) is 0. The maximum absolute atomic E-state index is 12.2. The van der Waals surface area contributed by atoms with Crippen LogP contribution in [-0.2, 0) is 4.74 Å². The number of piperazine rings is 1. The van der Waals surface area contributed by atoms with Crippen LogP contribution in [-0.4, -0.2) is 53.0 Å². The number of nitrogens with zero attached hydrogens (tertiary/aromatic N) is 4. The second kappa shape index (κ2) is 6.70. The van der Waals surface area contributed by atoms with Crippen molar-refractivity contribution in [2.75, 3.05) is 31.1 Å². The Hall–Kier alpha value is -2.63. The number of rotatable bonds is 2. The maximum atomic E-state index is 12.2. The molecule has 1 fully saturated rings. The Morgan fingerprint density at radius 2 is 1.92 bits per heavy atom. The van der Waals surface area contributed by atoms with Gasteiger partial charge in [-0.3, -0.25) is 0 Å². The monoisotopic (exact) mass is 340 g/mol. The van der Waals surface area contributed by atoms with Gasteiger partial charge in [0.1, 0.15) is 11.1 Å². The molecule has 1 aliphatic rings. The second-order valence-electron chi connectivity index (χ2n) is 7.13. The van der Waals surface area contributed by atoms with Crippen molar-refractivity contribution < 1.29 is 9.53 Å². The summed E-state index contributed by atoms with van der Waals surface area (Å²) in [5.41, 5.74) is 2.46. The summed E-state index contributed by atoms with van der Waals surface area (Å²) in [4.78, 5) is 16.2. The van der Waals surface area contributed by atoms with Crippen LogP contribution in [0.1, 0.15) is 26.3 Å². The molecule has 3 rings (SSSR count). The van der Waals surface area contributed by atoms with Crippen LogP contribution in [0.25, 0.3) is 17.0 Å². The topological polar surface area (TPSA) is 58.6 Å². The van der Waals surface area contributed by atoms with Crippen LogP contribution >= 0.6 is 0 Å². The van der Waals surface area contributed by atoms with Gasteiger partial charge in [0.15, 0.2) is 0 Å². The van der Waals surface area contributed by atoms with Crippen molar-refractivity contribution >= 4 is 28.8 Å². The van der Waals surface area contributed by atoms with Gasteiger partial charge >= 0.3 is 6.09 Å². The van der Waals surface area contributed by atoms with Gasteiger partial charge in [0.2, 0.25) is 0 Å². The zero-order valence-corrected chi connectivity index (χ0v) is 15.0. The largest absolute Gasteiger partial charge is 0.444 e. The minimum atomic E-state index is -0.469. The molecule has 132 valence electrons. The highest BCUT2D eigenvalue weighted by atomic mass is 16.6. The van der Waals surface area contributed by atoms with Crippen molar-refractivity contribution in [1.29, 1.82) is 0 Å². The van der Waals surface area contributed by atoms with Gasteiger partial charge < -0.3 is 14.5 Å². The summed E-state index contributed by atoms with van der Waals surface area (Å²) in [5.74, 6) is 0. The van der Waals surface area contributed by atoms with Crippen LogP contribution in [0.3, 0.4) is 0 Å². The van der Waals surface area contributed by atoms with Crippen molar-refractivity contribution in [3.05, 3.63) is 36.5 Å².